The highest BCUT2D eigenvalue weighted by Crippen LogP contribution is 2.21. The molecule has 0 fully saturated rings. The fraction of sp³-hybridized carbons (Fsp3) is 0.235. The van der Waals surface area contributed by atoms with Gasteiger partial charge in [-0.25, -0.2) is 0 Å². The summed E-state index contributed by atoms with van der Waals surface area (Å²) in [5, 5.41) is 13.5. The zero-order chi connectivity index (χ0) is 16.8. The van der Waals surface area contributed by atoms with Crippen LogP contribution in [0.2, 0.25) is 0 Å². The lowest BCUT2D eigenvalue weighted by atomic mass is 10.1. The van der Waals surface area contributed by atoms with E-state index in [1.54, 1.807) is 12.1 Å². The molecular weight excluding hydrogens is 312 g/mol. The van der Waals surface area contributed by atoms with Crippen LogP contribution in [0.1, 0.15) is 16.7 Å². The average molecular weight is 330 g/mol. The van der Waals surface area contributed by atoms with Crippen molar-refractivity contribution in [3.8, 4) is 0 Å². The van der Waals surface area contributed by atoms with Gasteiger partial charge in [0.05, 0.1) is 10.7 Å². The maximum absolute atomic E-state index is 12.0. The van der Waals surface area contributed by atoms with Gasteiger partial charge in [0.2, 0.25) is 5.91 Å². The van der Waals surface area contributed by atoms with Crippen LogP contribution in [0.5, 0.6) is 0 Å². The normalized spacial score (nSPS) is 10.3. The van der Waals surface area contributed by atoms with Crippen LogP contribution in [0.25, 0.3) is 0 Å². The Morgan fingerprint density at radius 2 is 1.74 bits per heavy atom. The molecule has 0 aliphatic carbocycles. The Balaban J connectivity index is 1.84. The van der Waals surface area contributed by atoms with Gasteiger partial charge in [-0.1, -0.05) is 30.3 Å². The number of aryl methyl sites for hydroxylation is 2. The van der Waals surface area contributed by atoms with Crippen LogP contribution in [0.3, 0.4) is 0 Å². The number of anilines is 1. The number of carbonyl (C=O) groups is 1. The number of nitrogens with one attached hydrogen (secondary N) is 1. The van der Waals surface area contributed by atoms with Gasteiger partial charge in [0.15, 0.2) is 0 Å². The van der Waals surface area contributed by atoms with Crippen molar-refractivity contribution in [2.45, 2.75) is 19.6 Å². The third kappa shape index (κ3) is 4.82. The summed E-state index contributed by atoms with van der Waals surface area (Å²) in [6.45, 7) is 3.93. The molecule has 0 heterocycles. The summed E-state index contributed by atoms with van der Waals surface area (Å²) in [5.74, 6) is 0.928. The molecule has 0 saturated heterocycles. The predicted octanol–water partition coefficient (Wildman–Crippen LogP) is 4.08. The van der Waals surface area contributed by atoms with Crippen LogP contribution >= 0.6 is 11.8 Å². The number of rotatable bonds is 6. The van der Waals surface area contributed by atoms with Crippen LogP contribution < -0.4 is 5.32 Å². The summed E-state index contributed by atoms with van der Waals surface area (Å²) >= 11 is 1.48. The molecule has 6 heteroatoms. The molecule has 0 unspecified atom stereocenters. The standard InChI is InChI=1S/C17H18N2O3S/c1-12-4-3-5-13(2)17(12)18-16(20)11-23-10-14-6-8-15(9-7-14)19(21)22/h3-9H,10-11H2,1-2H3,(H,18,20). The highest BCUT2D eigenvalue weighted by Gasteiger charge is 2.08. The van der Waals surface area contributed by atoms with Crippen LogP contribution in [0, 0.1) is 24.0 Å². The summed E-state index contributed by atoms with van der Waals surface area (Å²) in [5.41, 5.74) is 3.98. The summed E-state index contributed by atoms with van der Waals surface area (Å²) < 4.78 is 0. The number of hydrogen-bond donors (Lipinski definition) is 1. The number of amides is 1. The summed E-state index contributed by atoms with van der Waals surface area (Å²) in [4.78, 5) is 22.2. The molecule has 2 rings (SSSR count). The van der Waals surface area contributed by atoms with Crippen LogP contribution in [0.4, 0.5) is 11.4 Å². The lowest BCUT2D eigenvalue weighted by molar-refractivity contribution is -0.384. The first-order chi connectivity index (χ1) is 11.0. The number of nitrogens with zero attached hydrogens (tertiary/aromatic N) is 1. The van der Waals surface area contributed by atoms with Gasteiger partial charge in [0, 0.05) is 23.6 Å². The molecule has 120 valence electrons. The molecule has 2 aromatic rings. The molecule has 1 N–H and O–H groups in total. The van der Waals surface area contributed by atoms with Crippen molar-refractivity contribution in [3.05, 3.63) is 69.3 Å². The number of para-hydroxylation sites is 1. The fourth-order valence-electron chi connectivity index (χ4n) is 2.16. The topological polar surface area (TPSA) is 72.2 Å². The Labute approximate surface area is 139 Å². The van der Waals surface area contributed by atoms with E-state index < -0.39 is 4.92 Å². The van der Waals surface area contributed by atoms with Crippen molar-refractivity contribution in [1.82, 2.24) is 0 Å². The molecule has 0 atom stereocenters. The Bertz CT molecular complexity index is 694. The lowest BCUT2D eigenvalue weighted by Crippen LogP contribution is -2.15. The molecule has 5 nitrogen and oxygen atoms in total. The number of nitro groups is 1. The summed E-state index contributed by atoms with van der Waals surface area (Å²) in [6, 6.07) is 12.3. The van der Waals surface area contributed by atoms with E-state index in [2.05, 4.69) is 5.32 Å². The minimum atomic E-state index is -0.422. The Morgan fingerprint density at radius 3 is 2.30 bits per heavy atom. The number of hydrogen-bond acceptors (Lipinski definition) is 4. The van der Waals surface area contributed by atoms with E-state index in [0.717, 1.165) is 22.4 Å². The van der Waals surface area contributed by atoms with Crippen LogP contribution in [0.15, 0.2) is 42.5 Å². The first-order valence-electron chi connectivity index (χ1n) is 7.14. The molecule has 23 heavy (non-hydrogen) atoms. The third-order valence-electron chi connectivity index (χ3n) is 3.39. The van der Waals surface area contributed by atoms with E-state index in [9.17, 15) is 14.9 Å². The van der Waals surface area contributed by atoms with Gasteiger partial charge in [-0.05, 0) is 30.5 Å². The van der Waals surface area contributed by atoms with Gasteiger partial charge in [-0.15, -0.1) is 11.8 Å². The minimum absolute atomic E-state index is 0.0469. The quantitative estimate of drug-likeness (QED) is 0.640. The van der Waals surface area contributed by atoms with Crippen molar-refractivity contribution in [3.63, 3.8) is 0 Å². The molecule has 0 aliphatic heterocycles. The second-order valence-electron chi connectivity index (χ2n) is 5.23. The smallest absolute Gasteiger partial charge is 0.269 e. The largest absolute Gasteiger partial charge is 0.325 e. The van der Waals surface area contributed by atoms with E-state index >= 15 is 0 Å². The molecule has 2 aromatic carbocycles. The van der Waals surface area contributed by atoms with E-state index in [1.807, 2.05) is 32.0 Å². The van der Waals surface area contributed by atoms with Crippen molar-refractivity contribution < 1.29 is 9.72 Å². The van der Waals surface area contributed by atoms with Gasteiger partial charge in [0.1, 0.15) is 0 Å². The molecule has 0 radical (unpaired) electrons. The SMILES string of the molecule is Cc1cccc(C)c1NC(=O)CSCc1ccc([N+](=O)[O-])cc1. The predicted molar refractivity (Wildman–Crippen MR) is 93.8 cm³/mol. The third-order valence-corrected chi connectivity index (χ3v) is 4.40. The number of nitro benzene ring substituents is 1. The molecule has 1 amide bonds. The number of thioether (sulfide) groups is 1. The van der Waals surface area contributed by atoms with Gasteiger partial charge in [-0.2, -0.15) is 0 Å². The Morgan fingerprint density at radius 1 is 1.13 bits per heavy atom. The van der Waals surface area contributed by atoms with Crippen molar-refractivity contribution in [2.75, 3.05) is 11.1 Å². The van der Waals surface area contributed by atoms with Gasteiger partial charge in [0.25, 0.3) is 5.69 Å². The first kappa shape index (κ1) is 17.0. The zero-order valence-electron chi connectivity index (χ0n) is 13.0. The molecular formula is C17H18N2O3S. The summed E-state index contributed by atoms with van der Waals surface area (Å²) in [7, 11) is 0. The number of benzene rings is 2. The van der Waals surface area contributed by atoms with Gasteiger partial charge < -0.3 is 5.32 Å². The second-order valence-corrected chi connectivity index (χ2v) is 6.22. The maximum Gasteiger partial charge on any atom is 0.269 e. The molecule has 0 bridgehead atoms. The van der Waals surface area contributed by atoms with Crippen molar-refractivity contribution in [2.24, 2.45) is 0 Å². The Hall–Kier alpha value is -2.34. The monoisotopic (exact) mass is 330 g/mol. The zero-order valence-corrected chi connectivity index (χ0v) is 13.9. The highest BCUT2D eigenvalue weighted by molar-refractivity contribution is 7.99. The lowest BCUT2D eigenvalue weighted by Gasteiger charge is -2.11. The second kappa shape index (κ2) is 7.78. The highest BCUT2D eigenvalue weighted by atomic mass is 32.2. The molecule has 0 spiro atoms. The van der Waals surface area contributed by atoms with E-state index in [0.29, 0.717) is 11.5 Å². The fourth-order valence-corrected chi connectivity index (χ4v) is 2.95. The maximum atomic E-state index is 12.0. The number of carbonyl (C=O) groups excluding carboxylic acids is 1. The van der Waals surface area contributed by atoms with E-state index in [-0.39, 0.29) is 11.6 Å². The molecule has 0 saturated carbocycles. The Kier molecular flexibility index (Phi) is 5.76. The number of non-ortho nitro benzene ring substituents is 1. The van der Waals surface area contributed by atoms with Gasteiger partial charge >= 0.3 is 0 Å². The van der Waals surface area contributed by atoms with Crippen molar-refractivity contribution in [1.29, 1.82) is 0 Å². The van der Waals surface area contributed by atoms with Gasteiger partial charge in [-0.3, -0.25) is 14.9 Å². The first-order valence-corrected chi connectivity index (χ1v) is 8.30. The van der Waals surface area contributed by atoms with Crippen LogP contribution in [-0.2, 0) is 10.5 Å². The molecule has 0 aliphatic rings. The van der Waals surface area contributed by atoms with E-state index in [1.165, 1.54) is 23.9 Å². The van der Waals surface area contributed by atoms with E-state index in [4.69, 9.17) is 0 Å². The average Bonchev–Trinajstić information content (AvgIpc) is 2.51. The van der Waals surface area contributed by atoms with Crippen LogP contribution in [-0.4, -0.2) is 16.6 Å². The minimum Gasteiger partial charge on any atom is -0.325 e. The molecule has 0 aromatic heterocycles. The van der Waals surface area contributed by atoms with Crippen molar-refractivity contribution >= 4 is 29.0 Å². The summed E-state index contributed by atoms with van der Waals surface area (Å²) in [6.07, 6.45) is 0.